The first kappa shape index (κ1) is 19.6. The van der Waals surface area contributed by atoms with Gasteiger partial charge in [0, 0.05) is 26.3 Å². The van der Waals surface area contributed by atoms with Crippen molar-refractivity contribution in [2.45, 2.75) is 6.92 Å². The molecule has 0 atom stereocenters. The largest absolute Gasteiger partial charge is 0.507 e. The van der Waals surface area contributed by atoms with Crippen LogP contribution in [0.15, 0.2) is 86.7 Å². The summed E-state index contributed by atoms with van der Waals surface area (Å²) < 4.78 is 3.69. The number of phenolic OH excluding ortho intramolecular Hbond substituents is 1. The van der Waals surface area contributed by atoms with E-state index in [1.165, 1.54) is 0 Å². The molecule has 0 aliphatic heterocycles. The maximum Gasteiger partial charge on any atom is 0.163 e. The number of halogens is 2. The molecule has 0 bridgehead atoms. The van der Waals surface area contributed by atoms with Gasteiger partial charge in [-0.25, -0.2) is 9.67 Å². The van der Waals surface area contributed by atoms with Crippen molar-refractivity contribution in [3.8, 4) is 22.6 Å². The fourth-order valence-electron chi connectivity index (χ4n) is 3.12. The highest BCUT2D eigenvalue weighted by Gasteiger charge is 2.18. The van der Waals surface area contributed by atoms with E-state index in [1.807, 2.05) is 66.2 Å². The summed E-state index contributed by atoms with van der Waals surface area (Å²) in [6.07, 6.45) is 1.66. The molecule has 0 spiro atoms. The van der Waals surface area contributed by atoms with Crippen LogP contribution in [0.4, 0.5) is 5.82 Å². The minimum Gasteiger partial charge on any atom is -0.507 e. The SMILES string of the molecule is Cc1nn(-c2ccccc2)c(N=Cc2cc(Br)ccc2O)c1-c1cccc(Br)c1. The topological polar surface area (TPSA) is 50.4 Å². The number of benzene rings is 3. The first-order chi connectivity index (χ1) is 14.0. The zero-order chi connectivity index (χ0) is 20.4. The summed E-state index contributed by atoms with van der Waals surface area (Å²) in [4.78, 5) is 4.76. The first-order valence-electron chi connectivity index (χ1n) is 8.96. The summed E-state index contributed by atoms with van der Waals surface area (Å²) in [5.74, 6) is 0.870. The Labute approximate surface area is 185 Å². The number of aromatic hydroxyl groups is 1. The van der Waals surface area contributed by atoms with Crippen LogP contribution in [0.5, 0.6) is 5.75 Å². The van der Waals surface area contributed by atoms with Crippen molar-refractivity contribution in [2.24, 2.45) is 4.99 Å². The van der Waals surface area contributed by atoms with Gasteiger partial charge in [0.25, 0.3) is 0 Å². The highest BCUT2D eigenvalue weighted by Crippen LogP contribution is 2.36. The number of phenols is 1. The van der Waals surface area contributed by atoms with Gasteiger partial charge in [-0.05, 0) is 55.0 Å². The van der Waals surface area contributed by atoms with E-state index in [0.29, 0.717) is 11.4 Å². The third kappa shape index (κ3) is 4.18. The third-order valence-corrected chi connectivity index (χ3v) is 5.45. The van der Waals surface area contributed by atoms with Crippen LogP contribution < -0.4 is 0 Å². The van der Waals surface area contributed by atoms with Gasteiger partial charge in [0.05, 0.1) is 11.4 Å². The molecule has 0 fully saturated rings. The average molecular weight is 511 g/mol. The Balaban J connectivity index is 1.92. The summed E-state index contributed by atoms with van der Waals surface area (Å²) in [6, 6.07) is 23.2. The number of nitrogens with zero attached hydrogens (tertiary/aromatic N) is 3. The monoisotopic (exact) mass is 509 g/mol. The third-order valence-electron chi connectivity index (χ3n) is 4.47. The molecule has 0 aliphatic rings. The van der Waals surface area contributed by atoms with Crippen molar-refractivity contribution in [1.29, 1.82) is 0 Å². The molecule has 6 heteroatoms. The van der Waals surface area contributed by atoms with Crippen molar-refractivity contribution in [1.82, 2.24) is 9.78 Å². The van der Waals surface area contributed by atoms with Crippen molar-refractivity contribution < 1.29 is 5.11 Å². The molecule has 3 aromatic carbocycles. The lowest BCUT2D eigenvalue weighted by molar-refractivity contribution is 0.474. The standard InChI is InChI=1S/C23H17Br2N3O/c1-15-22(16-6-5-7-18(24)12-16)23(28(27-15)20-8-3-2-4-9-20)26-14-17-13-19(25)10-11-21(17)29/h2-14,29H,1H3. The lowest BCUT2D eigenvalue weighted by Crippen LogP contribution is -1.96. The molecule has 0 radical (unpaired) electrons. The molecular weight excluding hydrogens is 494 g/mol. The highest BCUT2D eigenvalue weighted by molar-refractivity contribution is 9.10. The summed E-state index contributed by atoms with van der Waals surface area (Å²) in [6.45, 7) is 1.98. The number of aliphatic imine (C=N–C) groups is 1. The minimum atomic E-state index is 0.170. The van der Waals surface area contributed by atoms with Gasteiger partial charge in [0.2, 0.25) is 0 Å². The van der Waals surface area contributed by atoms with E-state index in [-0.39, 0.29) is 5.75 Å². The van der Waals surface area contributed by atoms with E-state index < -0.39 is 0 Å². The molecule has 4 rings (SSSR count). The van der Waals surface area contributed by atoms with Gasteiger partial charge in [0.15, 0.2) is 5.82 Å². The smallest absolute Gasteiger partial charge is 0.163 e. The number of hydrogen-bond donors (Lipinski definition) is 1. The van der Waals surface area contributed by atoms with Gasteiger partial charge in [0.1, 0.15) is 5.75 Å². The summed E-state index contributed by atoms with van der Waals surface area (Å²) >= 11 is 6.99. The molecule has 0 saturated heterocycles. The Morgan fingerprint density at radius 2 is 1.69 bits per heavy atom. The van der Waals surface area contributed by atoms with Crippen LogP contribution in [0.1, 0.15) is 11.3 Å². The van der Waals surface area contributed by atoms with E-state index in [2.05, 4.69) is 37.9 Å². The normalized spacial score (nSPS) is 11.3. The molecule has 0 unspecified atom stereocenters. The van der Waals surface area contributed by atoms with E-state index in [4.69, 9.17) is 10.1 Å². The Morgan fingerprint density at radius 1 is 0.931 bits per heavy atom. The van der Waals surface area contributed by atoms with Crippen LogP contribution in [0.3, 0.4) is 0 Å². The Morgan fingerprint density at radius 3 is 2.45 bits per heavy atom. The Kier molecular flexibility index (Phi) is 5.65. The van der Waals surface area contributed by atoms with E-state index in [9.17, 15) is 5.11 Å². The number of rotatable bonds is 4. The van der Waals surface area contributed by atoms with Crippen LogP contribution in [-0.2, 0) is 0 Å². The summed E-state index contributed by atoms with van der Waals surface area (Å²) in [5, 5.41) is 14.9. The fraction of sp³-hybridized carbons (Fsp3) is 0.0435. The molecule has 4 nitrogen and oxygen atoms in total. The molecule has 1 aromatic heterocycles. The Hall–Kier alpha value is -2.70. The van der Waals surface area contributed by atoms with Crippen LogP contribution >= 0.6 is 31.9 Å². The van der Waals surface area contributed by atoms with Crippen molar-refractivity contribution in [3.05, 3.63) is 93.0 Å². The maximum atomic E-state index is 10.2. The summed E-state index contributed by atoms with van der Waals surface area (Å²) in [5.41, 5.74) is 4.38. The van der Waals surface area contributed by atoms with Crippen molar-refractivity contribution >= 4 is 43.9 Å². The highest BCUT2D eigenvalue weighted by atomic mass is 79.9. The molecular formula is C23H17Br2N3O. The molecule has 0 amide bonds. The second-order valence-electron chi connectivity index (χ2n) is 6.50. The first-order valence-corrected chi connectivity index (χ1v) is 10.5. The summed E-state index contributed by atoms with van der Waals surface area (Å²) in [7, 11) is 0. The molecule has 4 aromatic rings. The predicted molar refractivity (Wildman–Crippen MR) is 124 cm³/mol. The number of aromatic nitrogens is 2. The van der Waals surface area contributed by atoms with Crippen molar-refractivity contribution in [2.75, 3.05) is 0 Å². The molecule has 0 saturated carbocycles. The second-order valence-corrected chi connectivity index (χ2v) is 8.33. The van der Waals surface area contributed by atoms with Crippen LogP contribution in [0.25, 0.3) is 16.8 Å². The molecule has 1 N–H and O–H groups in total. The van der Waals surface area contributed by atoms with Gasteiger partial charge in [-0.3, -0.25) is 0 Å². The van der Waals surface area contributed by atoms with Gasteiger partial charge < -0.3 is 5.11 Å². The van der Waals surface area contributed by atoms with Gasteiger partial charge in [-0.15, -0.1) is 0 Å². The van der Waals surface area contributed by atoms with Crippen LogP contribution in [0, 0.1) is 6.92 Å². The van der Waals surface area contributed by atoms with E-state index in [1.54, 1.807) is 18.3 Å². The maximum absolute atomic E-state index is 10.2. The van der Waals surface area contributed by atoms with E-state index in [0.717, 1.165) is 31.5 Å². The lowest BCUT2D eigenvalue weighted by Gasteiger charge is -2.07. The molecule has 144 valence electrons. The Bertz CT molecular complexity index is 1200. The number of para-hydroxylation sites is 1. The van der Waals surface area contributed by atoms with Crippen molar-refractivity contribution in [3.63, 3.8) is 0 Å². The molecule has 29 heavy (non-hydrogen) atoms. The molecule has 1 heterocycles. The fourth-order valence-corrected chi connectivity index (χ4v) is 3.90. The quantitative estimate of drug-likeness (QED) is 0.306. The second kappa shape index (κ2) is 8.35. The lowest BCUT2D eigenvalue weighted by atomic mass is 10.1. The minimum absolute atomic E-state index is 0.170. The van der Waals surface area contributed by atoms with Crippen LogP contribution in [0.2, 0.25) is 0 Å². The van der Waals surface area contributed by atoms with E-state index >= 15 is 0 Å². The van der Waals surface area contributed by atoms with Crippen LogP contribution in [-0.4, -0.2) is 21.1 Å². The predicted octanol–water partition coefficient (Wildman–Crippen LogP) is 6.83. The van der Waals surface area contributed by atoms with Gasteiger partial charge >= 0.3 is 0 Å². The van der Waals surface area contributed by atoms with Gasteiger partial charge in [-0.2, -0.15) is 5.10 Å². The number of aryl methyl sites for hydroxylation is 1. The number of hydrogen-bond acceptors (Lipinski definition) is 3. The van der Waals surface area contributed by atoms with Gasteiger partial charge in [-0.1, -0.05) is 62.2 Å². The molecule has 0 aliphatic carbocycles. The average Bonchev–Trinajstić information content (AvgIpc) is 3.05. The zero-order valence-corrected chi connectivity index (χ0v) is 18.7. The zero-order valence-electron chi connectivity index (χ0n) is 15.6.